The Labute approximate surface area is 129 Å². The summed E-state index contributed by atoms with van der Waals surface area (Å²) >= 11 is 0. The second-order valence-electron chi connectivity index (χ2n) is 4.61. The highest BCUT2D eigenvalue weighted by molar-refractivity contribution is 5.31. The minimum absolute atomic E-state index is 1.14. The zero-order chi connectivity index (χ0) is 15.0. The van der Waals surface area contributed by atoms with Crippen LogP contribution in [-0.2, 0) is 0 Å². The minimum atomic E-state index is 1.14. The van der Waals surface area contributed by atoms with E-state index in [4.69, 9.17) is 0 Å². The molecule has 0 radical (unpaired) electrons. The van der Waals surface area contributed by atoms with Crippen molar-refractivity contribution in [1.82, 2.24) is 19.1 Å². The first-order chi connectivity index (χ1) is 10.9. The third-order valence-electron chi connectivity index (χ3n) is 3.12. The van der Waals surface area contributed by atoms with E-state index in [1.165, 1.54) is 0 Å². The van der Waals surface area contributed by atoms with Crippen LogP contribution >= 0.6 is 0 Å². The molecule has 0 aliphatic heterocycles. The second kappa shape index (κ2) is 7.04. The van der Waals surface area contributed by atoms with E-state index in [0.717, 1.165) is 11.4 Å². The van der Waals surface area contributed by atoms with E-state index in [-0.39, 0.29) is 0 Å². The molecule has 0 amide bonds. The van der Waals surface area contributed by atoms with E-state index >= 15 is 0 Å². The number of benzene rings is 2. The summed E-state index contributed by atoms with van der Waals surface area (Å²) in [4.78, 5) is 7.92. The molecular weight excluding hydrogens is 272 g/mol. The average Bonchev–Trinajstić information content (AvgIpc) is 3.31. The van der Waals surface area contributed by atoms with Gasteiger partial charge < -0.3 is 9.13 Å². The maximum absolute atomic E-state index is 3.96. The van der Waals surface area contributed by atoms with Crippen LogP contribution < -0.4 is 0 Å². The van der Waals surface area contributed by atoms with Gasteiger partial charge in [0.25, 0.3) is 0 Å². The Hall–Kier alpha value is -3.14. The average molecular weight is 288 g/mol. The van der Waals surface area contributed by atoms with Gasteiger partial charge in [-0.2, -0.15) is 0 Å². The molecule has 0 bridgehead atoms. The van der Waals surface area contributed by atoms with Crippen LogP contribution in [0.2, 0.25) is 0 Å². The van der Waals surface area contributed by atoms with Gasteiger partial charge in [0.15, 0.2) is 0 Å². The molecule has 108 valence electrons. The van der Waals surface area contributed by atoms with Crippen molar-refractivity contribution < 1.29 is 0 Å². The molecule has 2 aromatic carbocycles. The zero-order valence-electron chi connectivity index (χ0n) is 12.0. The quantitative estimate of drug-likeness (QED) is 0.563. The number of nitrogens with zero attached hydrogens (tertiary/aromatic N) is 4. The van der Waals surface area contributed by atoms with Crippen molar-refractivity contribution in [2.45, 2.75) is 0 Å². The second-order valence-corrected chi connectivity index (χ2v) is 4.61. The Morgan fingerprint density at radius 2 is 0.955 bits per heavy atom. The Kier molecular flexibility index (Phi) is 4.42. The van der Waals surface area contributed by atoms with E-state index in [1.54, 1.807) is 25.0 Å². The lowest BCUT2D eigenvalue weighted by Gasteiger charge is -1.98. The molecule has 0 aliphatic carbocycles. The summed E-state index contributed by atoms with van der Waals surface area (Å²) in [6, 6.07) is 20.2. The molecule has 0 fully saturated rings. The molecule has 0 spiro atoms. The van der Waals surface area contributed by atoms with E-state index in [1.807, 2.05) is 82.2 Å². The van der Waals surface area contributed by atoms with Crippen molar-refractivity contribution >= 4 is 0 Å². The molecule has 0 aliphatic rings. The largest absolute Gasteiger partial charge is 0.306 e. The topological polar surface area (TPSA) is 35.6 Å². The lowest BCUT2D eigenvalue weighted by atomic mass is 10.3. The van der Waals surface area contributed by atoms with Crippen LogP contribution in [0.1, 0.15) is 0 Å². The van der Waals surface area contributed by atoms with Crippen molar-refractivity contribution in [3.63, 3.8) is 0 Å². The molecule has 4 rings (SSSR count). The third kappa shape index (κ3) is 3.49. The molecule has 2 aromatic heterocycles. The summed E-state index contributed by atoms with van der Waals surface area (Å²) in [5, 5.41) is 0. The van der Waals surface area contributed by atoms with Gasteiger partial charge in [0.05, 0.1) is 12.7 Å². The molecular formula is C18H16N4. The van der Waals surface area contributed by atoms with E-state index in [0.29, 0.717) is 0 Å². The van der Waals surface area contributed by atoms with E-state index in [9.17, 15) is 0 Å². The monoisotopic (exact) mass is 288 g/mol. The molecule has 0 unspecified atom stereocenters. The van der Waals surface area contributed by atoms with Crippen molar-refractivity contribution in [2.24, 2.45) is 0 Å². The number of para-hydroxylation sites is 2. The number of hydrogen-bond acceptors (Lipinski definition) is 2. The minimum Gasteiger partial charge on any atom is -0.306 e. The van der Waals surface area contributed by atoms with Gasteiger partial charge >= 0.3 is 0 Å². The summed E-state index contributed by atoms with van der Waals surface area (Å²) in [7, 11) is 0. The predicted molar refractivity (Wildman–Crippen MR) is 87.1 cm³/mol. The first kappa shape index (κ1) is 13.8. The van der Waals surface area contributed by atoms with Gasteiger partial charge in [0.1, 0.15) is 0 Å². The van der Waals surface area contributed by atoms with E-state index < -0.39 is 0 Å². The van der Waals surface area contributed by atoms with Crippen LogP contribution in [0.5, 0.6) is 0 Å². The normalized spacial score (nSPS) is 9.82. The van der Waals surface area contributed by atoms with Crippen LogP contribution in [0, 0.1) is 0 Å². The Morgan fingerprint density at radius 3 is 1.27 bits per heavy atom. The van der Waals surface area contributed by atoms with Crippen LogP contribution in [-0.4, -0.2) is 19.1 Å². The fraction of sp³-hybridized carbons (Fsp3) is 0. The lowest BCUT2D eigenvalue weighted by Crippen LogP contribution is -1.87. The molecule has 0 saturated heterocycles. The van der Waals surface area contributed by atoms with E-state index in [2.05, 4.69) is 9.97 Å². The highest BCUT2D eigenvalue weighted by atomic mass is 15.0. The van der Waals surface area contributed by atoms with Gasteiger partial charge in [0, 0.05) is 36.2 Å². The summed E-state index contributed by atoms with van der Waals surface area (Å²) in [5.41, 5.74) is 2.29. The molecule has 2 heterocycles. The number of hydrogen-bond donors (Lipinski definition) is 0. The van der Waals surface area contributed by atoms with Crippen molar-refractivity contribution in [3.05, 3.63) is 98.1 Å². The van der Waals surface area contributed by atoms with Crippen LogP contribution in [0.3, 0.4) is 0 Å². The smallest absolute Gasteiger partial charge is 0.0991 e. The first-order valence-corrected chi connectivity index (χ1v) is 7.00. The summed E-state index contributed by atoms with van der Waals surface area (Å²) in [6.07, 6.45) is 11.0. The van der Waals surface area contributed by atoms with Gasteiger partial charge in [-0.05, 0) is 24.3 Å². The number of rotatable bonds is 2. The van der Waals surface area contributed by atoms with Crippen LogP contribution in [0.25, 0.3) is 11.4 Å². The van der Waals surface area contributed by atoms with Gasteiger partial charge in [0.2, 0.25) is 0 Å². The number of aromatic nitrogens is 4. The molecule has 0 atom stereocenters. The van der Waals surface area contributed by atoms with Gasteiger partial charge in [-0.15, -0.1) is 0 Å². The molecule has 0 saturated carbocycles. The van der Waals surface area contributed by atoms with Crippen molar-refractivity contribution in [3.8, 4) is 11.4 Å². The Balaban J connectivity index is 0.000000131. The standard InChI is InChI=1S/2C9H8N2/c2*1-2-4-9(5-3-1)11-7-6-10-8-11/h2*1-8H. The predicted octanol–water partition coefficient (Wildman–Crippen LogP) is 3.74. The molecule has 4 nitrogen and oxygen atoms in total. The molecule has 4 heteroatoms. The maximum atomic E-state index is 3.96. The van der Waals surface area contributed by atoms with Gasteiger partial charge in [-0.3, -0.25) is 0 Å². The summed E-state index contributed by atoms with van der Waals surface area (Å²) < 4.78 is 3.94. The lowest BCUT2D eigenvalue weighted by molar-refractivity contribution is 1.06. The first-order valence-electron chi connectivity index (χ1n) is 7.00. The Morgan fingerprint density at radius 1 is 0.545 bits per heavy atom. The molecule has 22 heavy (non-hydrogen) atoms. The number of imidazole rings is 2. The maximum Gasteiger partial charge on any atom is 0.0991 e. The Bertz CT molecular complexity index is 691. The van der Waals surface area contributed by atoms with Gasteiger partial charge in [-0.1, -0.05) is 36.4 Å². The highest BCUT2D eigenvalue weighted by Gasteiger charge is 1.90. The zero-order valence-corrected chi connectivity index (χ0v) is 12.0. The van der Waals surface area contributed by atoms with Crippen LogP contribution in [0.4, 0.5) is 0 Å². The summed E-state index contributed by atoms with van der Waals surface area (Å²) in [5.74, 6) is 0. The summed E-state index contributed by atoms with van der Waals surface area (Å²) in [6.45, 7) is 0. The molecule has 0 N–H and O–H groups in total. The third-order valence-corrected chi connectivity index (χ3v) is 3.12. The SMILES string of the molecule is c1ccc(-n2ccnc2)cc1.c1ccc(-n2ccnc2)cc1. The fourth-order valence-corrected chi connectivity index (χ4v) is 2.02. The highest BCUT2D eigenvalue weighted by Crippen LogP contribution is 2.05. The van der Waals surface area contributed by atoms with Gasteiger partial charge in [-0.25, -0.2) is 9.97 Å². The van der Waals surface area contributed by atoms with Crippen molar-refractivity contribution in [2.75, 3.05) is 0 Å². The van der Waals surface area contributed by atoms with Crippen LogP contribution in [0.15, 0.2) is 98.1 Å². The molecule has 4 aromatic rings. The van der Waals surface area contributed by atoms with Crippen molar-refractivity contribution in [1.29, 1.82) is 0 Å². The fourth-order valence-electron chi connectivity index (χ4n) is 2.02.